The van der Waals surface area contributed by atoms with E-state index < -0.39 is 5.82 Å². The van der Waals surface area contributed by atoms with E-state index in [0.717, 1.165) is 5.56 Å². The smallest absolute Gasteiger partial charge is 0.168 e. The van der Waals surface area contributed by atoms with Gasteiger partial charge in [0.2, 0.25) is 0 Å². The number of methoxy groups -OCH3 is 1. The Labute approximate surface area is 90.8 Å². The van der Waals surface area contributed by atoms with E-state index in [1.54, 1.807) is 6.07 Å². The van der Waals surface area contributed by atoms with Gasteiger partial charge in [-0.15, -0.1) is 0 Å². The van der Waals surface area contributed by atoms with Crippen molar-refractivity contribution in [1.82, 2.24) is 0 Å². The van der Waals surface area contributed by atoms with Gasteiger partial charge in [0.05, 0.1) is 11.6 Å². The summed E-state index contributed by atoms with van der Waals surface area (Å²) in [4.78, 5) is 0. The minimum atomic E-state index is -0.419. The molecule has 0 saturated heterocycles. The average molecular weight is 263 g/mol. The normalized spacial score (nSPS) is 12.6. The molecule has 4 heteroatoms. The van der Waals surface area contributed by atoms with Gasteiger partial charge in [0, 0.05) is 12.5 Å². The van der Waals surface area contributed by atoms with E-state index in [1.807, 2.05) is 6.92 Å². The highest BCUT2D eigenvalue weighted by Gasteiger charge is 2.12. The van der Waals surface area contributed by atoms with Crippen LogP contribution in [0.1, 0.15) is 18.4 Å². The maximum Gasteiger partial charge on any atom is 0.168 e. The molecule has 0 aromatic heterocycles. The average Bonchev–Trinajstić information content (AvgIpc) is 2.16. The lowest BCUT2D eigenvalue weighted by Gasteiger charge is -2.11. The van der Waals surface area contributed by atoms with E-state index in [-0.39, 0.29) is 18.3 Å². The predicted octanol–water partition coefficient (Wildman–Crippen LogP) is 2.69. The van der Waals surface area contributed by atoms with Gasteiger partial charge in [-0.2, -0.15) is 0 Å². The highest BCUT2D eigenvalue weighted by Crippen LogP contribution is 2.31. The van der Waals surface area contributed by atoms with E-state index in [1.165, 1.54) is 13.2 Å². The lowest BCUT2D eigenvalue weighted by atomic mass is 10.0. The van der Waals surface area contributed by atoms with Crippen LogP contribution >= 0.6 is 15.9 Å². The lowest BCUT2D eigenvalue weighted by Crippen LogP contribution is -2.01. The van der Waals surface area contributed by atoms with Crippen LogP contribution in [0.4, 0.5) is 4.39 Å². The van der Waals surface area contributed by atoms with Crippen molar-refractivity contribution in [3.8, 4) is 5.75 Å². The Hall–Kier alpha value is -0.610. The van der Waals surface area contributed by atoms with Crippen LogP contribution in [-0.2, 0) is 0 Å². The summed E-state index contributed by atoms with van der Waals surface area (Å²) in [6.07, 6.45) is 0. The van der Waals surface area contributed by atoms with Crippen LogP contribution in [-0.4, -0.2) is 18.8 Å². The van der Waals surface area contributed by atoms with Gasteiger partial charge in [0.25, 0.3) is 0 Å². The summed E-state index contributed by atoms with van der Waals surface area (Å²) in [5, 5.41) is 8.93. The summed E-state index contributed by atoms with van der Waals surface area (Å²) in [5.74, 6) is -0.303. The van der Waals surface area contributed by atoms with Crippen molar-refractivity contribution in [1.29, 1.82) is 0 Å². The molecule has 0 aliphatic carbocycles. The van der Waals surface area contributed by atoms with E-state index in [4.69, 9.17) is 9.84 Å². The first-order chi connectivity index (χ1) is 6.60. The van der Waals surface area contributed by atoms with Crippen molar-refractivity contribution in [2.45, 2.75) is 12.8 Å². The molecule has 0 aliphatic heterocycles. The summed E-state index contributed by atoms with van der Waals surface area (Å²) < 4.78 is 18.8. The Morgan fingerprint density at radius 3 is 2.64 bits per heavy atom. The molecule has 0 heterocycles. The number of rotatable bonds is 3. The molecule has 14 heavy (non-hydrogen) atoms. The van der Waals surface area contributed by atoms with Crippen LogP contribution in [0.3, 0.4) is 0 Å². The molecule has 1 aromatic carbocycles. The monoisotopic (exact) mass is 262 g/mol. The number of aliphatic hydroxyl groups is 1. The Balaban J connectivity index is 3.13. The molecule has 0 amide bonds. The molecular weight excluding hydrogens is 251 g/mol. The number of hydrogen-bond donors (Lipinski definition) is 1. The van der Waals surface area contributed by atoms with Crippen molar-refractivity contribution in [3.05, 3.63) is 28.0 Å². The lowest BCUT2D eigenvalue weighted by molar-refractivity contribution is 0.272. The minimum absolute atomic E-state index is 0.00178. The summed E-state index contributed by atoms with van der Waals surface area (Å²) in [6.45, 7) is 1.83. The van der Waals surface area contributed by atoms with Crippen LogP contribution in [0, 0.1) is 5.82 Å². The first-order valence-corrected chi connectivity index (χ1v) is 5.03. The van der Waals surface area contributed by atoms with Crippen molar-refractivity contribution >= 4 is 15.9 Å². The zero-order valence-corrected chi connectivity index (χ0v) is 9.64. The molecule has 0 spiro atoms. The van der Waals surface area contributed by atoms with E-state index in [0.29, 0.717) is 4.47 Å². The molecule has 0 saturated carbocycles. The third kappa shape index (κ3) is 2.25. The Morgan fingerprint density at radius 2 is 2.21 bits per heavy atom. The molecule has 0 radical (unpaired) electrons. The van der Waals surface area contributed by atoms with Gasteiger partial charge in [-0.25, -0.2) is 4.39 Å². The molecule has 78 valence electrons. The fourth-order valence-electron chi connectivity index (χ4n) is 1.16. The minimum Gasteiger partial charge on any atom is -0.492 e. The molecular formula is C10H12BrFO2. The van der Waals surface area contributed by atoms with E-state index >= 15 is 0 Å². The highest BCUT2D eigenvalue weighted by molar-refractivity contribution is 9.10. The molecule has 1 atom stereocenters. The Kier molecular flexibility index (Phi) is 3.89. The molecule has 1 rings (SSSR count). The zero-order valence-electron chi connectivity index (χ0n) is 8.05. The van der Waals surface area contributed by atoms with Crippen LogP contribution in [0.5, 0.6) is 5.75 Å². The molecule has 1 N–H and O–H groups in total. The number of aliphatic hydroxyl groups excluding tert-OH is 1. The number of halogens is 2. The highest BCUT2D eigenvalue weighted by atomic mass is 79.9. The third-order valence-electron chi connectivity index (χ3n) is 2.07. The fourth-order valence-corrected chi connectivity index (χ4v) is 1.78. The molecule has 2 nitrogen and oxygen atoms in total. The maximum atomic E-state index is 13.4. The summed E-state index contributed by atoms with van der Waals surface area (Å²) in [5.41, 5.74) is 0.748. The molecule has 0 unspecified atom stereocenters. The SMILES string of the molecule is COc1c(F)cc([C@@H](C)CO)cc1Br. The molecule has 1 aromatic rings. The molecule has 0 aliphatic rings. The van der Waals surface area contributed by atoms with Gasteiger partial charge in [-0.3, -0.25) is 0 Å². The van der Waals surface area contributed by atoms with E-state index in [2.05, 4.69) is 15.9 Å². The van der Waals surface area contributed by atoms with Gasteiger partial charge < -0.3 is 9.84 Å². The zero-order chi connectivity index (χ0) is 10.7. The Bertz CT molecular complexity index is 305. The van der Waals surface area contributed by atoms with Gasteiger partial charge in [-0.1, -0.05) is 6.92 Å². The first kappa shape index (κ1) is 11.5. The van der Waals surface area contributed by atoms with E-state index in [9.17, 15) is 4.39 Å². The molecule has 0 fully saturated rings. The van der Waals surface area contributed by atoms with Gasteiger partial charge in [0.15, 0.2) is 11.6 Å². The van der Waals surface area contributed by atoms with Crippen LogP contribution in [0.2, 0.25) is 0 Å². The predicted molar refractivity (Wildman–Crippen MR) is 56.2 cm³/mol. The van der Waals surface area contributed by atoms with Crippen molar-refractivity contribution in [2.75, 3.05) is 13.7 Å². The topological polar surface area (TPSA) is 29.5 Å². The summed E-state index contributed by atoms with van der Waals surface area (Å²) in [6, 6.07) is 3.13. The largest absolute Gasteiger partial charge is 0.492 e. The Morgan fingerprint density at radius 1 is 1.57 bits per heavy atom. The molecule has 0 bridgehead atoms. The fraction of sp³-hybridized carbons (Fsp3) is 0.400. The standard InChI is InChI=1S/C10H12BrFO2/c1-6(5-13)7-3-8(11)10(14-2)9(12)4-7/h3-4,6,13H,5H2,1-2H3/t6-/m0/s1. The van der Waals surface area contributed by atoms with Crippen LogP contribution < -0.4 is 4.74 Å². The summed E-state index contributed by atoms with van der Waals surface area (Å²) >= 11 is 3.21. The van der Waals surface area contributed by atoms with Gasteiger partial charge in [0.1, 0.15) is 0 Å². The second-order valence-corrected chi connectivity index (χ2v) is 3.96. The second kappa shape index (κ2) is 4.75. The first-order valence-electron chi connectivity index (χ1n) is 4.24. The maximum absolute atomic E-state index is 13.4. The van der Waals surface area contributed by atoms with Crippen molar-refractivity contribution < 1.29 is 14.2 Å². The van der Waals surface area contributed by atoms with Crippen LogP contribution in [0.15, 0.2) is 16.6 Å². The van der Waals surface area contributed by atoms with Crippen molar-refractivity contribution in [3.63, 3.8) is 0 Å². The quantitative estimate of drug-likeness (QED) is 0.908. The van der Waals surface area contributed by atoms with Gasteiger partial charge in [-0.05, 0) is 33.6 Å². The number of benzene rings is 1. The summed E-state index contributed by atoms with van der Waals surface area (Å²) in [7, 11) is 1.41. The van der Waals surface area contributed by atoms with Crippen LogP contribution in [0.25, 0.3) is 0 Å². The third-order valence-corrected chi connectivity index (χ3v) is 2.66. The number of hydrogen-bond acceptors (Lipinski definition) is 2. The van der Waals surface area contributed by atoms with Gasteiger partial charge >= 0.3 is 0 Å². The van der Waals surface area contributed by atoms with Crippen molar-refractivity contribution in [2.24, 2.45) is 0 Å². The second-order valence-electron chi connectivity index (χ2n) is 3.10. The number of ether oxygens (including phenoxy) is 1.